The number of methoxy groups -OCH3 is 2. The van der Waals surface area contributed by atoms with Crippen LogP contribution < -0.4 is 10.6 Å². The highest BCUT2D eigenvalue weighted by Gasteiger charge is 2.27. The molecule has 7 heteroatoms. The van der Waals surface area contributed by atoms with Crippen molar-refractivity contribution in [2.24, 2.45) is 0 Å². The molecule has 1 heterocycles. The summed E-state index contributed by atoms with van der Waals surface area (Å²) in [5, 5.41) is 7.39. The molecule has 1 aromatic heterocycles. The summed E-state index contributed by atoms with van der Waals surface area (Å²) in [6.45, 7) is 1.20. The zero-order chi connectivity index (χ0) is 14.5. The minimum absolute atomic E-state index is 0.299. The molecule has 0 radical (unpaired) electrons. The summed E-state index contributed by atoms with van der Waals surface area (Å²) in [4.78, 5) is 13.2. The fourth-order valence-corrected chi connectivity index (χ4v) is 3.77. The van der Waals surface area contributed by atoms with Gasteiger partial charge in [0.2, 0.25) is 0 Å². The number of hydrogen-bond acceptors (Lipinski definition) is 5. The Hall–Kier alpha value is -1.18. The molecule has 2 N–H and O–H groups in total. The van der Waals surface area contributed by atoms with Crippen LogP contribution in [0.25, 0.3) is 0 Å². The van der Waals surface area contributed by atoms with Crippen molar-refractivity contribution in [3.05, 3.63) is 16.0 Å². The summed E-state index contributed by atoms with van der Waals surface area (Å²) in [6, 6.07) is 0. The van der Waals surface area contributed by atoms with Gasteiger partial charge in [0.25, 0.3) is 0 Å². The molecule has 0 amide bonds. The molecular formula is C13H18N2O3S2. The smallest absolute Gasteiger partial charge is 0.341 e. The van der Waals surface area contributed by atoms with Crippen LogP contribution in [0.4, 0.5) is 5.00 Å². The molecule has 0 aliphatic heterocycles. The molecule has 110 valence electrons. The molecule has 0 atom stereocenters. The number of carbonyl (C=O) groups excluding carboxylic acids is 1. The van der Waals surface area contributed by atoms with E-state index in [9.17, 15) is 4.79 Å². The second kappa shape index (κ2) is 7.01. The molecule has 1 aliphatic carbocycles. The molecule has 0 unspecified atom stereocenters. The summed E-state index contributed by atoms with van der Waals surface area (Å²) < 4.78 is 9.83. The van der Waals surface area contributed by atoms with E-state index in [0.29, 0.717) is 23.8 Å². The van der Waals surface area contributed by atoms with E-state index in [1.54, 1.807) is 18.4 Å². The molecule has 0 aromatic carbocycles. The lowest BCUT2D eigenvalue weighted by Gasteiger charge is -2.10. The minimum Gasteiger partial charge on any atom is -0.465 e. The fourth-order valence-electron chi connectivity index (χ4n) is 2.22. The Morgan fingerprint density at radius 1 is 1.40 bits per heavy atom. The number of hydrogen-bond donors (Lipinski definition) is 2. The monoisotopic (exact) mass is 314 g/mol. The van der Waals surface area contributed by atoms with Crippen molar-refractivity contribution in [2.45, 2.75) is 19.3 Å². The van der Waals surface area contributed by atoms with Gasteiger partial charge in [0.1, 0.15) is 5.00 Å². The van der Waals surface area contributed by atoms with Gasteiger partial charge in [-0.25, -0.2) is 4.79 Å². The predicted molar refractivity (Wildman–Crippen MR) is 83.8 cm³/mol. The molecular weight excluding hydrogens is 296 g/mol. The number of esters is 1. The lowest BCUT2D eigenvalue weighted by Crippen LogP contribution is -2.31. The van der Waals surface area contributed by atoms with Crippen LogP contribution in [0.15, 0.2) is 0 Å². The number of ether oxygens (including phenoxy) is 2. The first-order chi connectivity index (χ1) is 9.67. The van der Waals surface area contributed by atoms with Gasteiger partial charge >= 0.3 is 5.97 Å². The van der Waals surface area contributed by atoms with E-state index in [-0.39, 0.29) is 5.97 Å². The van der Waals surface area contributed by atoms with Gasteiger partial charge in [0.05, 0.1) is 19.3 Å². The predicted octanol–water partition coefficient (Wildman–Crippen LogP) is 1.96. The van der Waals surface area contributed by atoms with Gasteiger partial charge < -0.3 is 20.1 Å². The van der Waals surface area contributed by atoms with E-state index in [1.807, 2.05) is 0 Å². The Balaban J connectivity index is 2.11. The first-order valence-electron chi connectivity index (χ1n) is 6.44. The quantitative estimate of drug-likeness (QED) is 0.492. The fraction of sp³-hybridized carbons (Fsp3) is 0.538. The lowest BCUT2D eigenvalue weighted by molar-refractivity contribution is 0.0601. The molecule has 1 aliphatic rings. The molecule has 0 saturated heterocycles. The summed E-state index contributed by atoms with van der Waals surface area (Å²) in [5.74, 6) is -0.299. The number of carbonyl (C=O) groups is 1. The molecule has 20 heavy (non-hydrogen) atoms. The normalized spacial score (nSPS) is 12.9. The molecule has 0 spiro atoms. The number of rotatable bonds is 5. The Bertz CT molecular complexity index is 514. The Morgan fingerprint density at radius 3 is 2.90 bits per heavy atom. The van der Waals surface area contributed by atoms with Gasteiger partial charge in [-0.05, 0) is 37.0 Å². The van der Waals surface area contributed by atoms with Crippen molar-refractivity contribution in [3.8, 4) is 0 Å². The van der Waals surface area contributed by atoms with E-state index < -0.39 is 0 Å². The SMILES string of the molecule is COCCNC(=S)Nc1sc2c(c1C(=O)OC)CCC2. The highest BCUT2D eigenvalue weighted by molar-refractivity contribution is 7.80. The van der Waals surface area contributed by atoms with Gasteiger partial charge in [0.15, 0.2) is 5.11 Å². The topological polar surface area (TPSA) is 59.6 Å². The Labute approximate surface area is 127 Å². The van der Waals surface area contributed by atoms with Crippen molar-refractivity contribution in [1.29, 1.82) is 0 Å². The summed E-state index contributed by atoms with van der Waals surface area (Å²) in [7, 11) is 3.04. The zero-order valence-electron chi connectivity index (χ0n) is 11.6. The first-order valence-corrected chi connectivity index (χ1v) is 7.66. The number of fused-ring (bicyclic) bond motifs is 1. The van der Waals surface area contributed by atoms with E-state index in [4.69, 9.17) is 21.7 Å². The third-order valence-corrected chi connectivity index (χ3v) is 4.58. The summed E-state index contributed by atoms with van der Waals surface area (Å²) in [6.07, 6.45) is 3.05. The van der Waals surface area contributed by atoms with Gasteiger partial charge in [-0.2, -0.15) is 0 Å². The summed E-state index contributed by atoms with van der Waals surface area (Å²) in [5.41, 5.74) is 1.75. The number of thiophene rings is 1. The van der Waals surface area contributed by atoms with Gasteiger partial charge in [-0.1, -0.05) is 0 Å². The van der Waals surface area contributed by atoms with Crippen molar-refractivity contribution in [1.82, 2.24) is 5.32 Å². The largest absolute Gasteiger partial charge is 0.465 e. The van der Waals surface area contributed by atoms with E-state index in [2.05, 4.69) is 10.6 Å². The second-order valence-electron chi connectivity index (χ2n) is 4.43. The zero-order valence-corrected chi connectivity index (χ0v) is 13.2. The van der Waals surface area contributed by atoms with Crippen LogP contribution in [-0.2, 0) is 22.3 Å². The van der Waals surface area contributed by atoms with Crippen molar-refractivity contribution in [2.75, 3.05) is 32.7 Å². The lowest BCUT2D eigenvalue weighted by atomic mass is 10.1. The van der Waals surface area contributed by atoms with Crippen LogP contribution in [0.3, 0.4) is 0 Å². The van der Waals surface area contributed by atoms with Crippen molar-refractivity contribution >= 4 is 39.6 Å². The molecule has 5 nitrogen and oxygen atoms in total. The number of anilines is 1. The molecule has 1 aromatic rings. The van der Waals surface area contributed by atoms with Gasteiger partial charge in [0, 0.05) is 18.5 Å². The van der Waals surface area contributed by atoms with Gasteiger partial charge in [-0.3, -0.25) is 0 Å². The minimum atomic E-state index is -0.299. The van der Waals surface area contributed by atoms with Crippen LogP contribution in [-0.4, -0.2) is 38.5 Å². The number of aryl methyl sites for hydroxylation is 1. The van der Waals surface area contributed by atoms with Crippen LogP contribution >= 0.6 is 23.6 Å². The Morgan fingerprint density at radius 2 is 2.20 bits per heavy atom. The van der Waals surface area contributed by atoms with E-state index in [0.717, 1.165) is 29.8 Å². The average molecular weight is 314 g/mol. The van der Waals surface area contributed by atoms with E-state index >= 15 is 0 Å². The van der Waals surface area contributed by atoms with Crippen LogP contribution in [0, 0.1) is 0 Å². The highest BCUT2D eigenvalue weighted by atomic mass is 32.1. The molecule has 0 bridgehead atoms. The number of nitrogens with one attached hydrogen (secondary N) is 2. The van der Waals surface area contributed by atoms with Crippen LogP contribution in [0.2, 0.25) is 0 Å². The van der Waals surface area contributed by atoms with Crippen molar-refractivity contribution in [3.63, 3.8) is 0 Å². The standard InChI is InChI=1S/C13H18N2O3S2/c1-17-7-6-14-13(19)15-11-10(12(16)18-2)8-4-3-5-9(8)20-11/h3-7H2,1-2H3,(H2,14,15,19). The highest BCUT2D eigenvalue weighted by Crippen LogP contribution is 2.39. The second-order valence-corrected chi connectivity index (χ2v) is 5.94. The Kier molecular flexibility index (Phi) is 5.33. The third-order valence-electron chi connectivity index (χ3n) is 3.13. The van der Waals surface area contributed by atoms with Crippen LogP contribution in [0.5, 0.6) is 0 Å². The first kappa shape index (κ1) is 15.2. The van der Waals surface area contributed by atoms with Crippen molar-refractivity contribution < 1.29 is 14.3 Å². The maximum atomic E-state index is 12.0. The summed E-state index contributed by atoms with van der Waals surface area (Å²) >= 11 is 6.80. The molecule has 2 rings (SSSR count). The maximum absolute atomic E-state index is 12.0. The van der Waals surface area contributed by atoms with E-state index in [1.165, 1.54) is 12.0 Å². The average Bonchev–Trinajstić information content (AvgIpc) is 2.98. The number of thiocarbonyl (C=S) groups is 1. The molecule has 0 fully saturated rings. The maximum Gasteiger partial charge on any atom is 0.341 e. The van der Waals surface area contributed by atoms with Crippen LogP contribution in [0.1, 0.15) is 27.2 Å². The molecule has 0 saturated carbocycles. The van der Waals surface area contributed by atoms with Gasteiger partial charge in [-0.15, -0.1) is 11.3 Å². The third kappa shape index (κ3) is 3.28.